The van der Waals surface area contributed by atoms with Gasteiger partial charge in [0.2, 0.25) is 0 Å². The Morgan fingerprint density at radius 1 is 0.917 bits per heavy atom. The zero-order chi connectivity index (χ0) is 16.2. The van der Waals surface area contributed by atoms with Crippen LogP contribution in [0, 0.1) is 0 Å². The van der Waals surface area contributed by atoms with Gasteiger partial charge in [-0.3, -0.25) is 0 Å². The van der Waals surface area contributed by atoms with Gasteiger partial charge in [-0.2, -0.15) is 0 Å². The van der Waals surface area contributed by atoms with Gasteiger partial charge in [0.15, 0.2) is 5.79 Å². The summed E-state index contributed by atoms with van der Waals surface area (Å²) in [5.41, 5.74) is 3.81. The van der Waals surface area contributed by atoms with Gasteiger partial charge in [-0.25, -0.2) is 0 Å². The summed E-state index contributed by atoms with van der Waals surface area (Å²) in [6.07, 6.45) is 5.03. The van der Waals surface area contributed by atoms with Crippen LogP contribution in [0.1, 0.15) is 30.4 Å². The van der Waals surface area contributed by atoms with E-state index in [1.165, 1.54) is 16.7 Å². The van der Waals surface area contributed by atoms with Gasteiger partial charge in [0.05, 0.1) is 13.2 Å². The molecule has 124 valence electrons. The fraction of sp³-hybridized carbons (Fsp3) is 0.333. The molecule has 2 aromatic carbocycles. The second kappa shape index (κ2) is 6.80. The van der Waals surface area contributed by atoms with Crippen LogP contribution in [0.15, 0.2) is 60.7 Å². The molecule has 0 radical (unpaired) electrons. The molecule has 1 spiro atoms. The van der Waals surface area contributed by atoms with Crippen LogP contribution in [0.25, 0.3) is 5.57 Å². The zero-order valence-electron chi connectivity index (χ0n) is 13.7. The molecule has 0 N–H and O–H groups in total. The number of allylic oxidation sites excluding steroid dienone is 1. The van der Waals surface area contributed by atoms with Crippen molar-refractivity contribution in [1.82, 2.24) is 0 Å². The lowest BCUT2D eigenvalue weighted by Crippen LogP contribution is -2.31. The second-order valence-corrected chi connectivity index (χ2v) is 6.34. The van der Waals surface area contributed by atoms with E-state index < -0.39 is 0 Å². The quantitative estimate of drug-likeness (QED) is 0.825. The van der Waals surface area contributed by atoms with Crippen LogP contribution in [0.2, 0.25) is 0 Å². The van der Waals surface area contributed by atoms with E-state index in [4.69, 9.17) is 14.2 Å². The Morgan fingerprint density at radius 2 is 1.67 bits per heavy atom. The molecule has 0 amide bonds. The van der Waals surface area contributed by atoms with Crippen molar-refractivity contribution < 1.29 is 14.2 Å². The zero-order valence-corrected chi connectivity index (χ0v) is 13.7. The number of rotatable bonds is 4. The number of hydrogen-bond acceptors (Lipinski definition) is 3. The van der Waals surface area contributed by atoms with E-state index in [0.717, 1.165) is 38.2 Å². The van der Waals surface area contributed by atoms with E-state index in [2.05, 4.69) is 30.3 Å². The Labute approximate surface area is 142 Å². The lowest BCUT2D eigenvalue weighted by Gasteiger charge is -2.30. The third-order valence-corrected chi connectivity index (χ3v) is 4.72. The molecular weight excluding hydrogens is 300 g/mol. The lowest BCUT2D eigenvalue weighted by molar-refractivity contribution is -0.159. The van der Waals surface area contributed by atoms with Gasteiger partial charge in [-0.1, -0.05) is 48.5 Å². The van der Waals surface area contributed by atoms with E-state index in [1.54, 1.807) is 0 Å². The van der Waals surface area contributed by atoms with Crippen molar-refractivity contribution in [1.29, 1.82) is 0 Å². The van der Waals surface area contributed by atoms with E-state index in [1.807, 2.05) is 30.3 Å². The summed E-state index contributed by atoms with van der Waals surface area (Å²) in [4.78, 5) is 0. The van der Waals surface area contributed by atoms with Crippen LogP contribution < -0.4 is 4.74 Å². The van der Waals surface area contributed by atoms with Crippen molar-refractivity contribution in [3.63, 3.8) is 0 Å². The molecule has 24 heavy (non-hydrogen) atoms. The summed E-state index contributed by atoms with van der Waals surface area (Å²) in [5.74, 6) is 0.556. The summed E-state index contributed by atoms with van der Waals surface area (Å²) < 4.78 is 17.4. The van der Waals surface area contributed by atoms with Crippen LogP contribution in [0.4, 0.5) is 0 Å². The summed E-state index contributed by atoms with van der Waals surface area (Å²) in [5, 5.41) is 0. The summed E-state index contributed by atoms with van der Waals surface area (Å²) >= 11 is 0. The van der Waals surface area contributed by atoms with Crippen LogP contribution in [-0.2, 0) is 16.1 Å². The predicted octanol–water partition coefficient (Wildman–Crippen LogP) is 4.58. The van der Waals surface area contributed by atoms with Crippen molar-refractivity contribution in [3.8, 4) is 5.75 Å². The molecule has 1 heterocycles. The Kier molecular flexibility index (Phi) is 4.37. The average Bonchev–Trinajstić information content (AvgIpc) is 3.10. The van der Waals surface area contributed by atoms with Gasteiger partial charge in [0.1, 0.15) is 12.4 Å². The SMILES string of the molecule is C1=C(c2ccc(OCc3ccccc3)cc2)CCC2(C1)OCCO2. The third-order valence-electron chi connectivity index (χ3n) is 4.72. The van der Waals surface area contributed by atoms with Crippen LogP contribution in [0.5, 0.6) is 5.75 Å². The molecule has 4 rings (SSSR count). The predicted molar refractivity (Wildman–Crippen MR) is 93.7 cm³/mol. The number of ether oxygens (including phenoxy) is 3. The largest absolute Gasteiger partial charge is 0.489 e. The molecule has 1 saturated heterocycles. The van der Waals surface area contributed by atoms with Crippen molar-refractivity contribution in [2.45, 2.75) is 31.7 Å². The van der Waals surface area contributed by atoms with Gasteiger partial charge < -0.3 is 14.2 Å². The highest BCUT2D eigenvalue weighted by atomic mass is 16.7. The Balaban J connectivity index is 1.38. The molecule has 0 saturated carbocycles. The van der Waals surface area contributed by atoms with E-state index in [-0.39, 0.29) is 5.79 Å². The highest BCUT2D eigenvalue weighted by molar-refractivity contribution is 5.67. The van der Waals surface area contributed by atoms with Gasteiger partial charge >= 0.3 is 0 Å². The molecule has 0 unspecified atom stereocenters. The van der Waals surface area contributed by atoms with E-state index >= 15 is 0 Å². The first-order valence-electron chi connectivity index (χ1n) is 8.57. The highest BCUT2D eigenvalue weighted by Gasteiger charge is 2.37. The standard InChI is InChI=1S/C21H22O3/c1-2-4-17(5-3-1)16-22-20-8-6-18(7-9-20)19-10-12-21(13-11-19)23-14-15-24-21/h1-10H,11-16H2. The minimum absolute atomic E-state index is 0.345. The Bertz CT molecular complexity index is 698. The first-order valence-corrected chi connectivity index (χ1v) is 8.57. The minimum atomic E-state index is -0.345. The molecule has 0 aromatic heterocycles. The molecule has 1 fully saturated rings. The van der Waals surface area contributed by atoms with Crippen molar-refractivity contribution in [3.05, 3.63) is 71.8 Å². The maximum absolute atomic E-state index is 5.85. The van der Waals surface area contributed by atoms with Crippen LogP contribution >= 0.6 is 0 Å². The second-order valence-electron chi connectivity index (χ2n) is 6.34. The molecule has 1 aliphatic carbocycles. The van der Waals surface area contributed by atoms with Gasteiger partial charge in [0, 0.05) is 12.8 Å². The van der Waals surface area contributed by atoms with Crippen LogP contribution in [0.3, 0.4) is 0 Å². The normalized spacial score (nSPS) is 19.2. The molecule has 3 heteroatoms. The fourth-order valence-corrected chi connectivity index (χ4v) is 3.34. The van der Waals surface area contributed by atoms with E-state index in [0.29, 0.717) is 6.61 Å². The molecular formula is C21H22O3. The lowest BCUT2D eigenvalue weighted by atomic mass is 9.90. The number of benzene rings is 2. The number of hydrogen-bond donors (Lipinski definition) is 0. The molecule has 3 nitrogen and oxygen atoms in total. The monoisotopic (exact) mass is 322 g/mol. The van der Waals surface area contributed by atoms with Gasteiger partial charge in [-0.05, 0) is 35.3 Å². The Hall–Kier alpha value is -2.10. The van der Waals surface area contributed by atoms with Gasteiger partial charge in [-0.15, -0.1) is 0 Å². The molecule has 0 atom stereocenters. The van der Waals surface area contributed by atoms with Crippen molar-refractivity contribution >= 4 is 5.57 Å². The minimum Gasteiger partial charge on any atom is -0.489 e. The van der Waals surface area contributed by atoms with Gasteiger partial charge in [0.25, 0.3) is 0 Å². The summed E-state index contributed by atoms with van der Waals surface area (Å²) in [6, 6.07) is 18.6. The molecule has 1 aliphatic heterocycles. The first-order chi connectivity index (χ1) is 11.8. The smallest absolute Gasteiger partial charge is 0.172 e. The maximum atomic E-state index is 5.85. The van der Waals surface area contributed by atoms with Crippen molar-refractivity contribution in [2.75, 3.05) is 13.2 Å². The Morgan fingerprint density at radius 3 is 2.33 bits per heavy atom. The summed E-state index contributed by atoms with van der Waals surface area (Å²) in [7, 11) is 0. The fourth-order valence-electron chi connectivity index (χ4n) is 3.34. The van der Waals surface area contributed by atoms with Crippen molar-refractivity contribution in [2.24, 2.45) is 0 Å². The topological polar surface area (TPSA) is 27.7 Å². The maximum Gasteiger partial charge on any atom is 0.172 e. The molecule has 2 aliphatic rings. The highest BCUT2D eigenvalue weighted by Crippen LogP contribution is 2.38. The summed E-state index contributed by atoms with van der Waals surface area (Å²) in [6.45, 7) is 2.04. The molecule has 2 aromatic rings. The third kappa shape index (κ3) is 3.37. The van der Waals surface area contributed by atoms with E-state index in [9.17, 15) is 0 Å². The average molecular weight is 322 g/mol. The van der Waals surface area contributed by atoms with Crippen LogP contribution in [-0.4, -0.2) is 19.0 Å². The first kappa shape index (κ1) is 15.4. The molecule has 0 bridgehead atoms.